The number of hydrogen-bond acceptors (Lipinski definition) is 3. The van der Waals surface area contributed by atoms with Gasteiger partial charge in [-0.25, -0.2) is 4.98 Å². The Morgan fingerprint density at radius 3 is 2.59 bits per heavy atom. The van der Waals surface area contributed by atoms with Crippen molar-refractivity contribution in [2.75, 3.05) is 12.4 Å². The number of nitrogens with zero attached hydrogens (tertiary/aromatic N) is 1. The van der Waals surface area contributed by atoms with E-state index in [1.54, 1.807) is 6.07 Å². The van der Waals surface area contributed by atoms with E-state index in [2.05, 4.69) is 17.2 Å². The normalized spacial score (nSPS) is 10.4. The summed E-state index contributed by atoms with van der Waals surface area (Å²) in [5.41, 5.74) is 11.8. The summed E-state index contributed by atoms with van der Waals surface area (Å²) in [5, 5.41) is 3.26. The van der Waals surface area contributed by atoms with Gasteiger partial charge in [0.15, 0.2) is 0 Å². The number of primary amides is 1. The first-order chi connectivity index (χ1) is 7.50. The number of carbonyl (C=O) groups is 1. The van der Waals surface area contributed by atoms with Crippen LogP contribution < -0.4 is 11.1 Å². The Hall–Kier alpha value is -0.278. The average molecular weight is 481 g/mol. The van der Waals surface area contributed by atoms with Crippen molar-refractivity contribution < 1.29 is 35.9 Å². The Morgan fingerprint density at radius 1 is 1.65 bits per heavy atom. The zero-order chi connectivity index (χ0) is 12.7. The molecule has 1 unspecified atom stereocenters. The molecule has 7 heteroatoms. The molecule has 1 atom stereocenters. The average Bonchev–Trinajstić information content (AvgIpc) is 2.19. The predicted molar refractivity (Wildman–Crippen MR) is 66.5 cm³/mol. The van der Waals surface area contributed by atoms with E-state index in [0.717, 1.165) is 0 Å². The maximum atomic E-state index is 11.0. The molecule has 1 amide bonds. The van der Waals surface area contributed by atoms with Crippen molar-refractivity contribution in [3.8, 4) is 0 Å². The number of nitrogens with two attached hydrogens (primary N) is 1. The molecule has 0 fully saturated rings. The minimum atomic E-state index is -0.544. The first-order valence-corrected chi connectivity index (χ1v) is 4.93. The SMILES string of the molecule is C[NH-].[CH2-]C(C)Nc1cc(Cl)ncc1C(N)=O.[U+2]. The molecule has 0 bridgehead atoms. The fraction of sp³-hybridized carbons (Fsp3) is 0.300. The third kappa shape index (κ3) is 6.89. The smallest absolute Gasteiger partial charge is 0.680 e. The molecule has 5 nitrogen and oxygen atoms in total. The van der Waals surface area contributed by atoms with E-state index in [1.165, 1.54) is 13.2 Å². The number of carbonyl (C=O) groups excluding carboxylic acids is 1. The molecule has 0 radical (unpaired) electrons. The zero-order valence-electron chi connectivity index (χ0n) is 9.75. The number of nitrogens with one attached hydrogen (secondary N) is 2. The summed E-state index contributed by atoms with van der Waals surface area (Å²) in [4.78, 5) is 14.8. The molecule has 0 aliphatic carbocycles. The van der Waals surface area contributed by atoms with Gasteiger partial charge in [0, 0.05) is 11.9 Å². The van der Waals surface area contributed by atoms with E-state index in [4.69, 9.17) is 23.1 Å². The van der Waals surface area contributed by atoms with Gasteiger partial charge in [-0.15, -0.1) is 6.04 Å². The Labute approximate surface area is 130 Å². The molecule has 92 valence electrons. The summed E-state index contributed by atoms with van der Waals surface area (Å²) < 4.78 is 0. The van der Waals surface area contributed by atoms with Crippen molar-refractivity contribution in [2.45, 2.75) is 13.0 Å². The van der Waals surface area contributed by atoms with Gasteiger partial charge in [0.1, 0.15) is 5.15 Å². The quantitative estimate of drug-likeness (QED) is 0.513. The minimum absolute atomic E-state index is 0. The van der Waals surface area contributed by atoms with Crippen molar-refractivity contribution in [1.82, 2.24) is 4.98 Å². The largest absolute Gasteiger partial charge is 2.00 e. The number of halogens is 1. The van der Waals surface area contributed by atoms with Gasteiger partial charge in [-0.2, -0.15) is 7.05 Å². The first kappa shape index (κ1) is 19.1. The maximum absolute atomic E-state index is 11.0. The van der Waals surface area contributed by atoms with Crippen LogP contribution >= 0.6 is 11.6 Å². The molecule has 1 rings (SSSR count). The minimum Gasteiger partial charge on any atom is -0.680 e. The van der Waals surface area contributed by atoms with E-state index < -0.39 is 5.91 Å². The van der Waals surface area contributed by atoms with E-state index in [-0.39, 0.29) is 37.2 Å². The fourth-order valence-corrected chi connectivity index (χ4v) is 1.17. The molecule has 1 aromatic heterocycles. The van der Waals surface area contributed by atoms with Crippen molar-refractivity contribution in [2.24, 2.45) is 5.73 Å². The number of amides is 1. The van der Waals surface area contributed by atoms with Crippen LogP contribution in [-0.4, -0.2) is 24.0 Å². The monoisotopic (exact) mass is 480 g/mol. The summed E-state index contributed by atoms with van der Waals surface area (Å²) in [6, 6.07) is 1.50. The van der Waals surface area contributed by atoms with Gasteiger partial charge in [0.25, 0.3) is 5.91 Å². The number of aromatic nitrogens is 1. The molecule has 0 aromatic carbocycles. The molecule has 0 aliphatic heterocycles. The molecule has 0 spiro atoms. The summed E-state index contributed by atoms with van der Waals surface area (Å²) in [5.74, 6) is -0.544. The number of anilines is 1. The second-order valence-electron chi connectivity index (χ2n) is 2.96. The molecule has 4 N–H and O–H groups in total. The van der Waals surface area contributed by atoms with E-state index in [0.29, 0.717) is 16.4 Å². The van der Waals surface area contributed by atoms with Crippen LogP contribution in [0, 0.1) is 38.0 Å². The maximum Gasteiger partial charge on any atom is 2.00 e. The van der Waals surface area contributed by atoms with Crippen LogP contribution in [0.25, 0.3) is 5.73 Å². The van der Waals surface area contributed by atoms with Gasteiger partial charge < -0.3 is 23.7 Å². The first-order valence-electron chi connectivity index (χ1n) is 4.55. The van der Waals surface area contributed by atoms with Gasteiger partial charge in [-0.1, -0.05) is 18.5 Å². The van der Waals surface area contributed by atoms with Crippen LogP contribution in [0.4, 0.5) is 5.69 Å². The van der Waals surface area contributed by atoms with Crippen LogP contribution in [0.3, 0.4) is 0 Å². The summed E-state index contributed by atoms with van der Waals surface area (Å²) in [6.45, 7) is 5.58. The van der Waals surface area contributed by atoms with Gasteiger partial charge >= 0.3 is 31.1 Å². The van der Waals surface area contributed by atoms with Gasteiger partial charge in [-0.05, 0) is 6.07 Å². The van der Waals surface area contributed by atoms with E-state index in [1.807, 2.05) is 6.92 Å². The Bertz CT molecular complexity index is 360. The van der Waals surface area contributed by atoms with Gasteiger partial charge in [0.2, 0.25) is 0 Å². The molecule has 1 heterocycles. The number of hydrogen-bond donors (Lipinski definition) is 2. The van der Waals surface area contributed by atoms with Crippen LogP contribution in [0.2, 0.25) is 5.15 Å². The molecule has 0 saturated carbocycles. The van der Waals surface area contributed by atoms with Crippen LogP contribution in [0.15, 0.2) is 12.3 Å². The van der Waals surface area contributed by atoms with Crippen LogP contribution in [-0.2, 0) is 0 Å². The molecular formula is C10H15ClN4OU. The Balaban J connectivity index is 0. The van der Waals surface area contributed by atoms with Gasteiger partial charge in [0.05, 0.1) is 5.56 Å². The fourth-order valence-electron chi connectivity index (χ4n) is 1.01. The Morgan fingerprint density at radius 2 is 2.18 bits per heavy atom. The molecule has 0 aliphatic rings. The van der Waals surface area contributed by atoms with Crippen molar-refractivity contribution in [3.63, 3.8) is 0 Å². The van der Waals surface area contributed by atoms with E-state index >= 15 is 0 Å². The summed E-state index contributed by atoms with van der Waals surface area (Å²) >= 11 is 5.68. The molecule has 0 saturated heterocycles. The van der Waals surface area contributed by atoms with Crippen molar-refractivity contribution >= 4 is 23.2 Å². The summed E-state index contributed by atoms with van der Waals surface area (Å²) in [6.07, 6.45) is 1.34. The predicted octanol–water partition coefficient (Wildman–Crippen LogP) is 2.14. The second kappa shape index (κ2) is 9.72. The van der Waals surface area contributed by atoms with Crippen molar-refractivity contribution in [1.29, 1.82) is 0 Å². The summed E-state index contributed by atoms with van der Waals surface area (Å²) in [7, 11) is 1.25. The molecular weight excluding hydrogens is 466 g/mol. The third-order valence-corrected chi connectivity index (χ3v) is 1.74. The van der Waals surface area contributed by atoms with Crippen LogP contribution in [0.1, 0.15) is 17.3 Å². The Kier molecular flexibility index (Phi) is 10.9. The zero-order valence-corrected chi connectivity index (χ0v) is 14.7. The van der Waals surface area contributed by atoms with Crippen molar-refractivity contribution in [3.05, 3.63) is 35.6 Å². The number of pyridine rings is 1. The number of rotatable bonds is 3. The second-order valence-corrected chi connectivity index (χ2v) is 3.35. The molecule has 1 aromatic rings. The topological polar surface area (TPSA) is 91.8 Å². The van der Waals surface area contributed by atoms with E-state index in [9.17, 15) is 4.79 Å². The van der Waals surface area contributed by atoms with Gasteiger partial charge in [-0.3, -0.25) is 4.79 Å². The molecule has 17 heavy (non-hydrogen) atoms. The standard InChI is InChI=1S/C9H11ClN3O.CH4N.U/c1-5(2)13-7-3-8(10)12-4-6(7)9(11)14;1-2;/h3-5H,1H2,2H3,(H2,11,14)(H,12,13);2H,1H3;/q2*-1;+2. The third-order valence-electron chi connectivity index (χ3n) is 1.54. The van der Waals surface area contributed by atoms with Crippen LogP contribution in [0.5, 0.6) is 0 Å².